The van der Waals surface area contributed by atoms with E-state index >= 15 is 0 Å². The van der Waals surface area contributed by atoms with Crippen LogP contribution in [0.5, 0.6) is 5.75 Å². The molecule has 1 heterocycles. The molecule has 2 aromatic carbocycles. The Hall–Kier alpha value is -2.95. The van der Waals surface area contributed by atoms with Crippen LogP contribution in [-0.4, -0.2) is 28.1 Å². The Labute approximate surface area is 128 Å². The number of aldehydes is 1. The molecule has 0 spiro atoms. The summed E-state index contributed by atoms with van der Waals surface area (Å²) in [4.78, 5) is 15.6. The number of nitrogens with zero attached hydrogens (tertiary/aromatic N) is 2. The van der Waals surface area contributed by atoms with E-state index in [1.165, 1.54) is 0 Å². The predicted octanol–water partition coefficient (Wildman–Crippen LogP) is 3.35. The van der Waals surface area contributed by atoms with Crippen LogP contribution in [0, 0.1) is 0 Å². The standard InChI is InChI=1S/C17H15N3O2/c1-2-22-14-8-5-7-12(10-14)16-18-17(20-19-16)15-9-4-3-6-13(15)11-21/h3-11H,2H2,1H3,(H,18,19,20). The van der Waals surface area contributed by atoms with Gasteiger partial charge in [-0.15, -0.1) is 0 Å². The maximum Gasteiger partial charge on any atom is 0.182 e. The molecule has 0 bridgehead atoms. The second-order valence-electron chi connectivity index (χ2n) is 4.67. The zero-order valence-electron chi connectivity index (χ0n) is 12.1. The van der Waals surface area contributed by atoms with Crippen LogP contribution < -0.4 is 4.74 Å². The summed E-state index contributed by atoms with van der Waals surface area (Å²) >= 11 is 0. The number of H-pyrrole nitrogens is 1. The number of ether oxygens (including phenoxy) is 1. The number of carbonyl (C=O) groups excluding carboxylic acids is 1. The van der Waals surface area contributed by atoms with Crippen molar-refractivity contribution in [2.45, 2.75) is 6.92 Å². The lowest BCUT2D eigenvalue weighted by Crippen LogP contribution is -1.91. The Morgan fingerprint density at radius 3 is 2.86 bits per heavy atom. The number of aromatic amines is 1. The zero-order chi connectivity index (χ0) is 15.4. The minimum absolute atomic E-state index is 0.500. The normalized spacial score (nSPS) is 10.4. The quantitative estimate of drug-likeness (QED) is 0.732. The predicted molar refractivity (Wildman–Crippen MR) is 83.8 cm³/mol. The van der Waals surface area contributed by atoms with Gasteiger partial charge in [-0.05, 0) is 19.1 Å². The van der Waals surface area contributed by atoms with Crippen molar-refractivity contribution in [2.75, 3.05) is 6.61 Å². The molecule has 1 N–H and O–H groups in total. The van der Waals surface area contributed by atoms with Crippen molar-refractivity contribution in [3.8, 4) is 28.5 Å². The maximum atomic E-state index is 11.1. The molecule has 0 atom stereocenters. The number of hydrogen-bond acceptors (Lipinski definition) is 4. The summed E-state index contributed by atoms with van der Waals surface area (Å²) in [6.45, 7) is 2.55. The first kappa shape index (κ1) is 14.0. The number of aromatic nitrogens is 3. The van der Waals surface area contributed by atoms with E-state index in [1.807, 2.05) is 49.4 Å². The van der Waals surface area contributed by atoms with Gasteiger partial charge in [0.1, 0.15) is 5.75 Å². The molecule has 0 amide bonds. The molecule has 0 aliphatic carbocycles. The van der Waals surface area contributed by atoms with Crippen molar-refractivity contribution in [2.24, 2.45) is 0 Å². The molecule has 110 valence electrons. The minimum atomic E-state index is 0.500. The molecule has 0 saturated carbocycles. The van der Waals surface area contributed by atoms with Crippen LogP contribution in [0.2, 0.25) is 0 Å². The third kappa shape index (κ3) is 2.74. The lowest BCUT2D eigenvalue weighted by molar-refractivity contribution is 0.112. The Morgan fingerprint density at radius 1 is 1.18 bits per heavy atom. The van der Waals surface area contributed by atoms with Crippen LogP contribution in [0.15, 0.2) is 48.5 Å². The van der Waals surface area contributed by atoms with E-state index in [2.05, 4.69) is 15.2 Å². The van der Waals surface area contributed by atoms with Crippen molar-refractivity contribution < 1.29 is 9.53 Å². The number of benzene rings is 2. The largest absolute Gasteiger partial charge is 0.494 e. The highest BCUT2D eigenvalue weighted by Crippen LogP contribution is 2.24. The lowest BCUT2D eigenvalue weighted by Gasteiger charge is -2.03. The number of hydrogen-bond donors (Lipinski definition) is 1. The smallest absolute Gasteiger partial charge is 0.182 e. The van der Waals surface area contributed by atoms with Gasteiger partial charge in [0.25, 0.3) is 0 Å². The molecule has 0 unspecified atom stereocenters. The summed E-state index contributed by atoms with van der Waals surface area (Å²) in [5.74, 6) is 1.92. The first-order valence-electron chi connectivity index (χ1n) is 7.02. The Kier molecular flexibility index (Phi) is 3.96. The van der Waals surface area contributed by atoms with Gasteiger partial charge >= 0.3 is 0 Å². The van der Waals surface area contributed by atoms with E-state index in [0.717, 1.165) is 17.6 Å². The van der Waals surface area contributed by atoms with Gasteiger partial charge < -0.3 is 4.74 Å². The zero-order valence-corrected chi connectivity index (χ0v) is 12.1. The van der Waals surface area contributed by atoms with E-state index in [4.69, 9.17) is 4.74 Å². The third-order valence-electron chi connectivity index (χ3n) is 3.23. The Balaban J connectivity index is 1.97. The van der Waals surface area contributed by atoms with Gasteiger partial charge in [-0.1, -0.05) is 36.4 Å². The van der Waals surface area contributed by atoms with E-state index < -0.39 is 0 Å². The summed E-state index contributed by atoms with van der Waals surface area (Å²) in [6, 6.07) is 14.9. The molecular formula is C17H15N3O2. The summed E-state index contributed by atoms with van der Waals surface area (Å²) in [7, 11) is 0. The molecule has 5 heteroatoms. The highest BCUT2D eigenvalue weighted by Gasteiger charge is 2.11. The van der Waals surface area contributed by atoms with Crippen LogP contribution >= 0.6 is 0 Å². The molecule has 5 nitrogen and oxygen atoms in total. The van der Waals surface area contributed by atoms with Gasteiger partial charge in [-0.3, -0.25) is 9.89 Å². The molecule has 0 fully saturated rings. The van der Waals surface area contributed by atoms with Crippen LogP contribution in [0.3, 0.4) is 0 Å². The van der Waals surface area contributed by atoms with Crippen LogP contribution in [0.25, 0.3) is 22.8 Å². The maximum absolute atomic E-state index is 11.1. The summed E-state index contributed by atoms with van der Waals surface area (Å²) < 4.78 is 5.49. The van der Waals surface area contributed by atoms with E-state index in [-0.39, 0.29) is 0 Å². The average molecular weight is 293 g/mol. The highest BCUT2D eigenvalue weighted by atomic mass is 16.5. The molecule has 1 aromatic heterocycles. The van der Waals surface area contributed by atoms with E-state index in [9.17, 15) is 4.79 Å². The van der Waals surface area contributed by atoms with Gasteiger partial charge in [0, 0.05) is 16.7 Å². The fourth-order valence-electron chi connectivity index (χ4n) is 2.21. The van der Waals surface area contributed by atoms with Crippen molar-refractivity contribution in [3.63, 3.8) is 0 Å². The molecular weight excluding hydrogens is 278 g/mol. The molecule has 0 aliphatic heterocycles. The van der Waals surface area contributed by atoms with Crippen molar-refractivity contribution >= 4 is 6.29 Å². The molecule has 0 aliphatic rings. The summed E-state index contributed by atoms with van der Waals surface area (Å²) in [5, 5.41) is 7.12. The Bertz CT molecular complexity index is 796. The first-order chi connectivity index (χ1) is 10.8. The fourth-order valence-corrected chi connectivity index (χ4v) is 2.21. The lowest BCUT2D eigenvalue weighted by atomic mass is 10.1. The second-order valence-corrected chi connectivity index (χ2v) is 4.67. The summed E-state index contributed by atoms with van der Waals surface area (Å²) in [6.07, 6.45) is 0.807. The monoisotopic (exact) mass is 293 g/mol. The SMILES string of the molecule is CCOc1cccc(-c2nc(-c3ccccc3C=O)n[nH]2)c1. The number of rotatable bonds is 5. The molecule has 22 heavy (non-hydrogen) atoms. The second kappa shape index (κ2) is 6.22. The Morgan fingerprint density at radius 2 is 2.05 bits per heavy atom. The van der Waals surface area contributed by atoms with Gasteiger partial charge in [0.05, 0.1) is 6.61 Å². The van der Waals surface area contributed by atoms with Gasteiger partial charge in [0.15, 0.2) is 17.9 Å². The third-order valence-corrected chi connectivity index (χ3v) is 3.23. The van der Waals surface area contributed by atoms with Gasteiger partial charge in [-0.2, -0.15) is 5.10 Å². The minimum Gasteiger partial charge on any atom is -0.494 e. The summed E-state index contributed by atoms with van der Waals surface area (Å²) in [5.41, 5.74) is 2.16. The molecule has 3 rings (SSSR count). The van der Waals surface area contributed by atoms with Crippen molar-refractivity contribution in [3.05, 3.63) is 54.1 Å². The molecule has 3 aromatic rings. The van der Waals surface area contributed by atoms with Crippen LogP contribution in [-0.2, 0) is 0 Å². The van der Waals surface area contributed by atoms with Gasteiger partial charge in [0.2, 0.25) is 0 Å². The first-order valence-corrected chi connectivity index (χ1v) is 7.02. The number of carbonyl (C=O) groups is 1. The molecule has 0 radical (unpaired) electrons. The van der Waals surface area contributed by atoms with Crippen molar-refractivity contribution in [1.82, 2.24) is 15.2 Å². The van der Waals surface area contributed by atoms with E-state index in [1.54, 1.807) is 6.07 Å². The number of nitrogens with one attached hydrogen (secondary N) is 1. The van der Waals surface area contributed by atoms with E-state index in [0.29, 0.717) is 29.4 Å². The topological polar surface area (TPSA) is 67.9 Å². The highest BCUT2D eigenvalue weighted by molar-refractivity contribution is 5.85. The molecule has 0 saturated heterocycles. The van der Waals surface area contributed by atoms with Gasteiger partial charge in [-0.25, -0.2) is 4.98 Å². The van der Waals surface area contributed by atoms with Crippen molar-refractivity contribution in [1.29, 1.82) is 0 Å². The average Bonchev–Trinajstić information content (AvgIpc) is 3.05. The van der Waals surface area contributed by atoms with Crippen LogP contribution in [0.1, 0.15) is 17.3 Å². The van der Waals surface area contributed by atoms with Crippen LogP contribution in [0.4, 0.5) is 0 Å². The fraction of sp³-hybridized carbons (Fsp3) is 0.118.